The van der Waals surface area contributed by atoms with E-state index in [1.807, 2.05) is 52.5 Å². The van der Waals surface area contributed by atoms with Gasteiger partial charge in [0.05, 0.1) is 80.8 Å². The molecule has 0 N–H and O–H groups in total. The maximum atomic E-state index is 5.56. The molecule has 0 saturated heterocycles. The van der Waals surface area contributed by atoms with E-state index in [-0.39, 0.29) is 0 Å². The van der Waals surface area contributed by atoms with Gasteiger partial charge in [0.2, 0.25) is 17.8 Å². The summed E-state index contributed by atoms with van der Waals surface area (Å²) >= 11 is 10.9. The maximum absolute atomic E-state index is 5.56. The third-order valence-corrected chi connectivity index (χ3v) is 35.2. The van der Waals surface area contributed by atoms with Crippen molar-refractivity contribution in [1.29, 1.82) is 0 Å². The molecule has 13 aromatic heterocycles. The van der Waals surface area contributed by atoms with Crippen molar-refractivity contribution >= 4 is 287 Å². The zero-order valence-corrected chi connectivity index (χ0v) is 79.7. The third-order valence-electron chi connectivity index (χ3n) is 28.1. The Morgan fingerprint density at radius 2 is 0.433 bits per heavy atom. The zero-order valence-electron chi connectivity index (χ0n) is 74.8. The van der Waals surface area contributed by atoms with Crippen LogP contribution < -0.4 is 0 Å². The number of fused-ring (bicyclic) bond motifs is 39. The standard InChI is InChI=1S/2C44H25N3S2.C37H20N4S2/c1-2-13-26(14-3-1)27-15-12-16-28(25-27)39-43-40(33-21-8-11-24-36(33)49-43)46-44(45-39)47-34-22-9-6-19-31(34)37-29-17-4-5-18-30(29)42-38(41(37)47)32-20-7-10-23-35(32)48-42;1-2-12-26(13-3-1)27-22-24-28(25-23-27)39-43-40(33-18-8-11-21-36(33)49-43)46-44(45-39)47-34-19-9-6-16-31(34)37-29-14-4-5-15-30(29)42-38(41(37)47)32-17-7-10-20-35(32)48-42;1-2-12-23-22(11-1)30-24-13-3-6-16-27(24)41(34(30)31-25-14-4-7-17-28(25)42-35(23)31)37-39-32(21-10-9-19-38-20-21)36-33(40-37)26-15-5-8-18-29(26)43-36/h2*1-25H;1-20H. The predicted octanol–water partition coefficient (Wildman–Crippen LogP) is 36.1. The molecule has 19 aromatic carbocycles. The van der Waals surface area contributed by atoms with Crippen molar-refractivity contribution in [2.24, 2.45) is 0 Å². The van der Waals surface area contributed by atoms with Crippen LogP contribution in [0.25, 0.3) is 293 Å². The average molecular weight is 1900 g/mol. The van der Waals surface area contributed by atoms with Gasteiger partial charge in [0.1, 0.15) is 0 Å². The summed E-state index contributed by atoms with van der Waals surface area (Å²) in [6, 6.07) is 148. The summed E-state index contributed by atoms with van der Waals surface area (Å²) in [5.41, 5.74) is 20.5. The van der Waals surface area contributed by atoms with Gasteiger partial charge in [-0.3, -0.25) is 18.7 Å². The smallest absolute Gasteiger partial charge is 0.235 e. The Bertz CT molecular complexity index is 10900. The zero-order chi connectivity index (χ0) is 92.2. The van der Waals surface area contributed by atoms with Crippen molar-refractivity contribution in [3.63, 3.8) is 0 Å². The Morgan fingerprint density at radius 3 is 0.801 bits per heavy atom. The first kappa shape index (κ1) is 80.2. The van der Waals surface area contributed by atoms with Gasteiger partial charge in [-0.15, -0.1) is 68.0 Å². The van der Waals surface area contributed by atoms with Crippen molar-refractivity contribution in [2.75, 3.05) is 0 Å². The molecule has 32 aromatic rings. The number of hydrogen-bond donors (Lipinski definition) is 0. The molecule has 32 rings (SSSR count). The van der Waals surface area contributed by atoms with Crippen molar-refractivity contribution in [3.05, 3.63) is 425 Å². The molecule has 0 radical (unpaired) electrons. The number of nitrogens with zero attached hydrogens (tertiary/aromatic N) is 10. The highest BCUT2D eigenvalue weighted by Crippen LogP contribution is 2.55. The first-order chi connectivity index (χ1) is 70.0. The topological polar surface area (TPSA) is 105 Å². The van der Waals surface area contributed by atoms with Crippen LogP contribution in [0.1, 0.15) is 0 Å². The molecular weight excluding hydrogens is 1830 g/mol. The second kappa shape index (κ2) is 31.8. The minimum atomic E-state index is 0.674. The van der Waals surface area contributed by atoms with Crippen LogP contribution in [-0.4, -0.2) is 48.6 Å². The summed E-state index contributed by atoms with van der Waals surface area (Å²) in [6.07, 6.45) is 3.71. The highest BCUT2D eigenvalue weighted by molar-refractivity contribution is 7.29. The van der Waals surface area contributed by atoms with Crippen LogP contribution in [-0.2, 0) is 0 Å². The fraction of sp³-hybridized carbons (Fsp3) is 0. The first-order valence-electron chi connectivity index (χ1n) is 47.0. The number of hydrogen-bond acceptors (Lipinski definition) is 13. The first-order valence-corrected chi connectivity index (χ1v) is 51.9. The number of thiophene rings is 6. The van der Waals surface area contributed by atoms with Gasteiger partial charge in [0.15, 0.2) is 0 Å². The van der Waals surface area contributed by atoms with Crippen LogP contribution in [0.5, 0.6) is 0 Å². The quantitative estimate of drug-likeness (QED) is 0.149. The van der Waals surface area contributed by atoms with E-state index in [0.717, 1.165) is 114 Å². The fourth-order valence-electron chi connectivity index (χ4n) is 22.0. The largest absolute Gasteiger partial charge is 0.277 e. The van der Waals surface area contributed by atoms with Gasteiger partial charge in [-0.05, 0) is 111 Å². The maximum Gasteiger partial charge on any atom is 0.235 e. The number of aromatic nitrogens is 10. The summed E-state index contributed by atoms with van der Waals surface area (Å²) in [5, 5.41) is 26.0. The molecular formula is C125H70N10S6. The molecule has 0 fully saturated rings. The van der Waals surface area contributed by atoms with Crippen LogP contribution in [0.4, 0.5) is 0 Å². The minimum absolute atomic E-state index is 0.674. The molecule has 0 spiro atoms. The third kappa shape index (κ3) is 12.3. The molecule has 0 atom stereocenters. The number of benzene rings is 19. The Hall–Kier alpha value is -16.9. The highest BCUT2D eigenvalue weighted by Gasteiger charge is 2.31. The molecule has 16 heteroatoms. The predicted molar refractivity (Wildman–Crippen MR) is 604 cm³/mol. The van der Waals surface area contributed by atoms with Gasteiger partial charge >= 0.3 is 0 Å². The van der Waals surface area contributed by atoms with E-state index in [9.17, 15) is 0 Å². The van der Waals surface area contributed by atoms with Crippen molar-refractivity contribution in [2.45, 2.75) is 0 Å². The minimum Gasteiger partial charge on any atom is -0.277 e. The number of para-hydroxylation sites is 3. The second-order valence-corrected chi connectivity index (χ2v) is 42.2. The van der Waals surface area contributed by atoms with Crippen LogP contribution in [0.2, 0.25) is 0 Å². The lowest BCUT2D eigenvalue weighted by Gasteiger charge is -2.12. The monoisotopic (exact) mass is 1900 g/mol. The molecule has 0 aliphatic rings. The van der Waals surface area contributed by atoms with Gasteiger partial charge in [0.25, 0.3) is 0 Å². The van der Waals surface area contributed by atoms with Gasteiger partial charge in [-0.2, -0.15) is 0 Å². The molecule has 0 amide bonds. The summed E-state index contributed by atoms with van der Waals surface area (Å²) < 4.78 is 21.6. The molecule has 0 unspecified atom stereocenters. The van der Waals surface area contributed by atoms with Crippen LogP contribution in [0.15, 0.2) is 425 Å². The lowest BCUT2D eigenvalue weighted by Crippen LogP contribution is -2.03. The van der Waals surface area contributed by atoms with E-state index < -0.39 is 0 Å². The van der Waals surface area contributed by atoms with Gasteiger partial charge < -0.3 is 0 Å². The fourth-order valence-corrected chi connectivity index (χ4v) is 29.2. The van der Waals surface area contributed by atoms with E-state index >= 15 is 0 Å². The summed E-state index contributed by atoms with van der Waals surface area (Å²) in [6.45, 7) is 0. The van der Waals surface area contributed by atoms with Crippen LogP contribution >= 0.6 is 68.0 Å². The van der Waals surface area contributed by atoms with Crippen molar-refractivity contribution in [3.8, 4) is 73.9 Å². The average Bonchev–Trinajstić information content (AvgIpc) is 1.54. The SMILES string of the molecule is c1ccc(-c2ccc(-c3nc(-n4c5ccccc5c5c6ccccc6c6sc7ccccc7c6c54)nc4c3sc3ccccc34)cc2)cc1.c1ccc(-c2cccc(-c3nc(-n4c5ccccc5c5c6ccccc6c6sc7ccccc7c6c54)nc4c3sc3ccccc34)c2)cc1.c1cncc(-c2nc(-n3c4ccccc4c4c5ccccc5c5sc6ccccc6c5c43)nc3c2sc2ccccc23)c1. The van der Waals surface area contributed by atoms with Gasteiger partial charge in [0, 0.05) is 168 Å². The molecule has 0 aliphatic heterocycles. The lowest BCUT2D eigenvalue weighted by molar-refractivity contribution is 1.02. The van der Waals surface area contributed by atoms with E-state index in [0.29, 0.717) is 17.8 Å². The number of rotatable bonds is 8. The summed E-state index contributed by atoms with van der Waals surface area (Å²) in [5.74, 6) is 2.05. The van der Waals surface area contributed by atoms with Crippen LogP contribution in [0, 0.1) is 0 Å². The van der Waals surface area contributed by atoms with E-state index in [1.54, 1.807) is 34.0 Å². The molecule has 141 heavy (non-hydrogen) atoms. The van der Waals surface area contributed by atoms with E-state index in [4.69, 9.17) is 29.9 Å². The molecule has 0 aliphatic carbocycles. The second-order valence-electron chi connectivity index (χ2n) is 35.8. The Kier molecular flexibility index (Phi) is 18.1. The molecule has 656 valence electrons. The van der Waals surface area contributed by atoms with E-state index in [1.165, 1.54) is 162 Å². The summed E-state index contributed by atoms with van der Waals surface area (Å²) in [7, 11) is 0. The number of pyridine rings is 1. The molecule has 0 saturated carbocycles. The highest BCUT2D eigenvalue weighted by atomic mass is 32.1. The molecule has 0 bridgehead atoms. The lowest BCUT2D eigenvalue weighted by atomic mass is 10.00. The Morgan fingerprint density at radius 1 is 0.170 bits per heavy atom. The van der Waals surface area contributed by atoms with Crippen molar-refractivity contribution < 1.29 is 0 Å². The summed E-state index contributed by atoms with van der Waals surface area (Å²) in [4.78, 5) is 37.3. The molecule has 13 heterocycles. The van der Waals surface area contributed by atoms with Gasteiger partial charge in [-0.1, -0.05) is 340 Å². The van der Waals surface area contributed by atoms with Crippen LogP contribution in [0.3, 0.4) is 0 Å². The Labute approximate surface area is 827 Å². The molecule has 10 nitrogen and oxygen atoms in total. The Balaban J connectivity index is 0.0000000994. The van der Waals surface area contributed by atoms with E-state index in [2.05, 4.69) is 425 Å². The normalized spacial score (nSPS) is 12.1. The van der Waals surface area contributed by atoms with Crippen molar-refractivity contribution in [1.82, 2.24) is 48.6 Å². The van der Waals surface area contributed by atoms with Gasteiger partial charge in [-0.25, -0.2) is 29.9 Å².